The van der Waals surface area contributed by atoms with Crippen LogP contribution in [0.1, 0.15) is 30.3 Å². The van der Waals surface area contributed by atoms with E-state index in [4.69, 9.17) is 4.74 Å². The molecule has 5 rings (SSSR count). The predicted octanol–water partition coefficient (Wildman–Crippen LogP) is 3.15. The SMILES string of the molecule is CC1C(=O)N2CCCc3nc(NCc4ccc(Oc5cc(C(F)(F)F)n(C)n5)nc4)nc(c32)N1C. The molecule has 0 saturated heterocycles. The summed E-state index contributed by atoms with van der Waals surface area (Å²) in [5.74, 6) is 1.15. The van der Waals surface area contributed by atoms with Gasteiger partial charge in [-0.1, -0.05) is 6.07 Å². The molecule has 1 N–H and O–H groups in total. The molecular formula is C22H23F3N8O2. The molecule has 5 heterocycles. The summed E-state index contributed by atoms with van der Waals surface area (Å²) in [6, 6.07) is 3.80. The van der Waals surface area contributed by atoms with Gasteiger partial charge in [0.25, 0.3) is 0 Å². The molecular weight excluding hydrogens is 465 g/mol. The molecule has 35 heavy (non-hydrogen) atoms. The van der Waals surface area contributed by atoms with Gasteiger partial charge in [0.1, 0.15) is 17.4 Å². The number of carbonyl (C=O) groups excluding carboxylic acids is 1. The number of nitrogens with zero attached hydrogens (tertiary/aromatic N) is 7. The van der Waals surface area contributed by atoms with Crippen molar-refractivity contribution < 1.29 is 22.7 Å². The lowest BCUT2D eigenvalue weighted by molar-refractivity contribution is -0.143. The van der Waals surface area contributed by atoms with Crippen molar-refractivity contribution >= 4 is 23.4 Å². The number of hydrogen-bond donors (Lipinski definition) is 1. The van der Waals surface area contributed by atoms with Crippen LogP contribution < -0.4 is 19.9 Å². The second kappa shape index (κ2) is 8.40. The zero-order valence-corrected chi connectivity index (χ0v) is 19.3. The Kier molecular flexibility index (Phi) is 5.49. The predicted molar refractivity (Wildman–Crippen MR) is 120 cm³/mol. The number of aryl methyl sites for hydroxylation is 2. The minimum absolute atomic E-state index is 0.0546. The number of aromatic nitrogens is 5. The number of likely N-dealkylation sites (N-methyl/N-ethyl adjacent to an activating group) is 1. The molecule has 0 aliphatic carbocycles. The first-order valence-electron chi connectivity index (χ1n) is 11.0. The fourth-order valence-electron chi connectivity index (χ4n) is 4.20. The van der Waals surface area contributed by atoms with Crippen LogP contribution in [0, 0.1) is 0 Å². The van der Waals surface area contributed by atoms with Gasteiger partial charge in [0.2, 0.25) is 23.6 Å². The number of anilines is 3. The van der Waals surface area contributed by atoms with E-state index >= 15 is 0 Å². The Balaban J connectivity index is 1.28. The number of hydrogen-bond acceptors (Lipinski definition) is 8. The Hall–Kier alpha value is -3.90. The van der Waals surface area contributed by atoms with Crippen LogP contribution in [0.3, 0.4) is 0 Å². The highest BCUT2D eigenvalue weighted by Crippen LogP contribution is 2.39. The summed E-state index contributed by atoms with van der Waals surface area (Å²) >= 11 is 0. The summed E-state index contributed by atoms with van der Waals surface area (Å²) in [5.41, 5.74) is 1.51. The lowest BCUT2D eigenvalue weighted by Gasteiger charge is -2.41. The molecule has 2 aliphatic rings. The molecule has 3 aromatic rings. The van der Waals surface area contributed by atoms with Crippen molar-refractivity contribution in [3.63, 3.8) is 0 Å². The van der Waals surface area contributed by atoms with Gasteiger partial charge in [0.15, 0.2) is 5.82 Å². The van der Waals surface area contributed by atoms with Gasteiger partial charge in [-0.25, -0.2) is 9.97 Å². The Morgan fingerprint density at radius 3 is 2.69 bits per heavy atom. The molecule has 0 fully saturated rings. The van der Waals surface area contributed by atoms with Crippen LogP contribution in [0.15, 0.2) is 24.4 Å². The molecule has 13 heteroatoms. The van der Waals surface area contributed by atoms with Gasteiger partial charge in [0, 0.05) is 45.5 Å². The topological polar surface area (TPSA) is 101 Å². The van der Waals surface area contributed by atoms with Gasteiger partial charge in [-0.15, -0.1) is 5.10 Å². The van der Waals surface area contributed by atoms with Crippen LogP contribution >= 0.6 is 0 Å². The van der Waals surface area contributed by atoms with Crippen molar-refractivity contribution in [2.24, 2.45) is 7.05 Å². The van der Waals surface area contributed by atoms with E-state index in [1.807, 2.05) is 18.9 Å². The van der Waals surface area contributed by atoms with Crippen molar-refractivity contribution in [2.45, 2.75) is 38.5 Å². The zero-order valence-electron chi connectivity index (χ0n) is 19.3. The fourth-order valence-corrected chi connectivity index (χ4v) is 4.20. The first-order valence-corrected chi connectivity index (χ1v) is 11.0. The molecule has 184 valence electrons. The van der Waals surface area contributed by atoms with E-state index in [1.165, 1.54) is 7.05 Å². The maximum atomic E-state index is 12.9. The maximum Gasteiger partial charge on any atom is 0.433 e. The summed E-state index contributed by atoms with van der Waals surface area (Å²) < 4.78 is 44.9. The van der Waals surface area contributed by atoms with E-state index in [2.05, 4.69) is 25.4 Å². The Morgan fingerprint density at radius 2 is 2.00 bits per heavy atom. The molecule has 2 aliphatic heterocycles. The van der Waals surface area contributed by atoms with E-state index in [9.17, 15) is 18.0 Å². The van der Waals surface area contributed by atoms with E-state index < -0.39 is 11.9 Å². The minimum Gasteiger partial charge on any atom is -0.419 e. The molecule has 0 aromatic carbocycles. The van der Waals surface area contributed by atoms with Crippen molar-refractivity contribution in [3.8, 4) is 11.8 Å². The van der Waals surface area contributed by atoms with Crippen molar-refractivity contribution in [3.05, 3.63) is 41.3 Å². The quantitative estimate of drug-likeness (QED) is 0.585. The fraction of sp³-hybridized carbons (Fsp3) is 0.409. The molecule has 1 unspecified atom stereocenters. The summed E-state index contributed by atoms with van der Waals surface area (Å²) in [7, 11) is 3.05. The van der Waals surface area contributed by atoms with E-state index in [0.29, 0.717) is 23.7 Å². The second-order valence-electron chi connectivity index (χ2n) is 8.50. The van der Waals surface area contributed by atoms with Gasteiger partial charge in [0.05, 0.1) is 5.69 Å². The zero-order chi connectivity index (χ0) is 24.9. The van der Waals surface area contributed by atoms with E-state index in [0.717, 1.165) is 41.7 Å². The first kappa shape index (κ1) is 22.9. The van der Waals surface area contributed by atoms with Crippen LogP contribution in [0.5, 0.6) is 11.8 Å². The standard InChI is InChI=1S/C22H23F3N8O2/c1-12-20(34)33-8-4-5-14-18(33)19(31(12)2)29-21(28-14)27-11-13-6-7-16(26-10-13)35-17-9-15(22(23,24)25)32(3)30-17/h6-7,9-10,12H,4-5,8,11H2,1-3H3,(H,27,28,29). The van der Waals surface area contributed by atoms with E-state index in [-0.39, 0.29) is 23.7 Å². The normalized spacial score (nSPS) is 17.4. The van der Waals surface area contributed by atoms with Gasteiger partial charge in [-0.3, -0.25) is 9.48 Å². The monoisotopic (exact) mass is 488 g/mol. The van der Waals surface area contributed by atoms with Crippen LogP contribution in [0.4, 0.5) is 30.6 Å². The Bertz CT molecular complexity index is 1270. The highest BCUT2D eigenvalue weighted by Gasteiger charge is 2.39. The van der Waals surface area contributed by atoms with Crippen LogP contribution in [-0.4, -0.2) is 50.3 Å². The van der Waals surface area contributed by atoms with E-state index in [1.54, 1.807) is 23.2 Å². The summed E-state index contributed by atoms with van der Waals surface area (Å²) in [4.78, 5) is 29.7. The molecule has 1 atom stereocenters. The number of halogens is 3. The number of ether oxygens (including phenoxy) is 1. The molecule has 3 aromatic heterocycles. The highest BCUT2D eigenvalue weighted by atomic mass is 19.4. The van der Waals surface area contributed by atoms with Crippen molar-refractivity contribution in [1.29, 1.82) is 0 Å². The van der Waals surface area contributed by atoms with Gasteiger partial charge in [-0.05, 0) is 25.3 Å². The molecule has 0 spiro atoms. The summed E-state index contributed by atoms with van der Waals surface area (Å²) in [5, 5.41) is 6.92. The number of amides is 1. The van der Waals surface area contributed by atoms with Crippen molar-refractivity contribution in [1.82, 2.24) is 24.7 Å². The largest absolute Gasteiger partial charge is 0.433 e. The number of nitrogens with one attached hydrogen (secondary N) is 1. The average Bonchev–Trinajstić information content (AvgIpc) is 3.21. The molecule has 1 amide bonds. The minimum atomic E-state index is -4.52. The second-order valence-corrected chi connectivity index (χ2v) is 8.50. The third-order valence-electron chi connectivity index (χ3n) is 6.15. The third-order valence-corrected chi connectivity index (χ3v) is 6.15. The lowest BCUT2D eigenvalue weighted by Crippen LogP contribution is -2.53. The molecule has 0 bridgehead atoms. The average molecular weight is 488 g/mol. The lowest BCUT2D eigenvalue weighted by atomic mass is 10.0. The Labute approximate surface area is 198 Å². The Morgan fingerprint density at radius 1 is 1.20 bits per heavy atom. The maximum absolute atomic E-state index is 12.9. The summed E-state index contributed by atoms with van der Waals surface area (Å²) in [6.45, 7) is 2.90. The summed E-state index contributed by atoms with van der Waals surface area (Å²) in [6.07, 6.45) is -1.36. The molecule has 0 radical (unpaired) electrons. The van der Waals surface area contributed by atoms with Crippen LogP contribution in [0.2, 0.25) is 0 Å². The third kappa shape index (κ3) is 4.21. The number of rotatable bonds is 5. The van der Waals surface area contributed by atoms with Gasteiger partial charge in [-0.2, -0.15) is 18.2 Å². The number of alkyl halides is 3. The number of pyridine rings is 1. The highest BCUT2D eigenvalue weighted by molar-refractivity contribution is 6.05. The number of carbonyl (C=O) groups is 1. The smallest absolute Gasteiger partial charge is 0.419 e. The van der Waals surface area contributed by atoms with Gasteiger partial charge >= 0.3 is 6.18 Å². The van der Waals surface area contributed by atoms with Crippen LogP contribution in [-0.2, 0) is 31.0 Å². The first-order chi connectivity index (χ1) is 16.6. The molecule has 10 nitrogen and oxygen atoms in total. The van der Waals surface area contributed by atoms with Crippen LogP contribution in [0.25, 0.3) is 0 Å². The van der Waals surface area contributed by atoms with Gasteiger partial charge < -0.3 is 19.9 Å². The molecule has 0 saturated carbocycles. The van der Waals surface area contributed by atoms with Crippen molar-refractivity contribution in [2.75, 3.05) is 28.7 Å².